The molecule has 4 rings (SSSR count). The van der Waals surface area contributed by atoms with Crippen molar-refractivity contribution in [2.75, 3.05) is 11.1 Å². The van der Waals surface area contributed by atoms with Gasteiger partial charge in [0.05, 0.1) is 0 Å². The van der Waals surface area contributed by atoms with Crippen molar-refractivity contribution in [3.63, 3.8) is 0 Å². The first-order chi connectivity index (χ1) is 13.6. The van der Waals surface area contributed by atoms with Crippen LogP contribution in [0.1, 0.15) is 37.4 Å². The van der Waals surface area contributed by atoms with Crippen LogP contribution in [0.5, 0.6) is 5.88 Å². The zero-order valence-corrected chi connectivity index (χ0v) is 18.0. The number of unbranched alkanes of at least 4 members (excludes halogenated alkanes) is 1. The number of benzene rings is 1. The number of rotatable bonds is 5. The number of aromatic nitrogens is 4. The second kappa shape index (κ2) is 8.45. The number of nitrogens with one attached hydrogen (secondary N) is 1. The number of hydrogen-bond acceptors (Lipinski definition) is 7. The van der Waals surface area contributed by atoms with Crippen molar-refractivity contribution >= 4 is 33.4 Å². The maximum Gasteiger partial charge on any atom is 0.247 e. The van der Waals surface area contributed by atoms with Crippen LogP contribution in [0.3, 0.4) is 0 Å². The predicted molar refractivity (Wildman–Crippen MR) is 115 cm³/mol. The number of ether oxygens (including phenoxy) is 1. The molecule has 0 spiro atoms. The molecule has 1 aliphatic heterocycles. The average Bonchev–Trinajstić information content (AvgIpc) is 2.84. The molecule has 0 saturated carbocycles. The predicted octanol–water partition coefficient (Wildman–Crippen LogP) is 5.40. The number of nitrogens with zero attached hydrogens (tertiary/aromatic N) is 4. The summed E-state index contributed by atoms with van der Waals surface area (Å²) in [5.41, 5.74) is 4.14. The molecule has 3 heterocycles. The first kappa shape index (κ1) is 19.1. The standard InChI is InChI=1S/C20H20BrN5OS/c1-3-4-10-28-20-24-19-17(25-26-20)14-11-13(21)8-9-15(14)23-18(27-19)16-7-5-6-12(2)22-16/h5-9,11,18,23H,3-4,10H2,1-2H3/t18-/m0/s1. The highest BCUT2D eigenvalue weighted by Gasteiger charge is 2.27. The Hall–Kier alpha value is -2.19. The lowest BCUT2D eigenvalue weighted by atomic mass is 10.1. The van der Waals surface area contributed by atoms with Crippen LogP contribution in [-0.2, 0) is 0 Å². The largest absolute Gasteiger partial charge is 0.446 e. The zero-order chi connectivity index (χ0) is 19.5. The summed E-state index contributed by atoms with van der Waals surface area (Å²) in [5, 5.41) is 12.8. The van der Waals surface area contributed by atoms with Gasteiger partial charge in [-0.15, -0.1) is 10.2 Å². The van der Waals surface area contributed by atoms with Crippen LogP contribution in [0.15, 0.2) is 46.0 Å². The third-order valence-corrected chi connectivity index (χ3v) is 5.71. The van der Waals surface area contributed by atoms with E-state index in [1.807, 2.05) is 43.3 Å². The fourth-order valence-electron chi connectivity index (χ4n) is 2.88. The molecule has 1 atom stereocenters. The maximum absolute atomic E-state index is 6.25. The molecule has 2 aromatic heterocycles. The Morgan fingerprint density at radius 3 is 2.89 bits per heavy atom. The fraction of sp³-hybridized carbons (Fsp3) is 0.300. The molecule has 8 heteroatoms. The van der Waals surface area contributed by atoms with Gasteiger partial charge >= 0.3 is 0 Å². The van der Waals surface area contributed by atoms with Crippen LogP contribution in [0, 0.1) is 6.92 Å². The molecule has 1 aromatic carbocycles. The van der Waals surface area contributed by atoms with E-state index in [0.29, 0.717) is 16.7 Å². The average molecular weight is 458 g/mol. The summed E-state index contributed by atoms with van der Waals surface area (Å²) in [5.74, 6) is 1.42. The summed E-state index contributed by atoms with van der Waals surface area (Å²) < 4.78 is 7.20. The monoisotopic (exact) mass is 457 g/mol. The van der Waals surface area contributed by atoms with Crippen molar-refractivity contribution in [1.82, 2.24) is 20.2 Å². The summed E-state index contributed by atoms with van der Waals surface area (Å²) >= 11 is 5.14. The van der Waals surface area contributed by atoms with Gasteiger partial charge in [0.2, 0.25) is 17.3 Å². The van der Waals surface area contributed by atoms with Gasteiger partial charge < -0.3 is 10.1 Å². The van der Waals surface area contributed by atoms with E-state index in [9.17, 15) is 0 Å². The van der Waals surface area contributed by atoms with E-state index in [2.05, 4.69) is 48.3 Å². The fourth-order valence-corrected chi connectivity index (χ4v) is 4.11. The van der Waals surface area contributed by atoms with E-state index in [0.717, 1.165) is 45.7 Å². The van der Waals surface area contributed by atoms with E-state index >= 15 is 0 Å². The van der Waals surface area contributed by atoms with Crippen molar-refractivity contribution in [3.8, 4) is 17.1 Å². The zero-order valence-electron chi connectivity index (χ0n) is 15.6. The Morgan fingerprint density at radius 1 is 1.18 bits per heavy atom. The van der Waals surface area contributed by atoms with E-state index in [4.69, 9.17) is 4.74 Å². The quantitative estimate of drug-likeness (QED) is 0.405. The Kier molecular flexibility index (Phi) is 5.77. The highest BCUT2D eigenvalue weighted by molar-refractivity contribution is 9.10. The number of aryl methyl sites for hydroxylation is 1. The molecule has 0 bridgehead atoms. The minimum absolute atomic E-state index is 0.464. The number of pyridine rings is 1. The van der Waals surface area contributed by atoms with E-state index < -0.39 is 6.23 Å². The first-order valence-electron chi connectivity index (χ1n) is 9.18. The Morgan fingerprint density at radius 2 is 2.07 bits per heavy atom. The molecule has 0 aliphatic carbocycles. The summed E-state index contributed by atoms with van der Waals surface area (Å²) in [6, 6.07) is 11.9. The highest BCUT2D eigenvalue weighted by atomic mass is 79.9. The van der Waals surface area contributed by atoms with E-state index in [1.54, 1.807) is 11.8 Å². The number of halogens is 1. The van der Waals surface area contributed by atoms with Gasteiger partial charge in [-0.1, -0.05) is 47.1 Å². The Balaban J connectivity index is 1.77. The SMILES string of the molecule is CCCCSc1nnc2c(n1)O[C@@H](c1cccc(C)n1)Nc1ccc(Br)cc1-2. The lowest BCUT2D eigenvalue weighted by Crippen LogP contribution is -2.18. The lowest BCUT2D eigenvalue weighted by molar-refractivity contribution is 0.220. The smallest absolute Gasteiger partial charge is 0.247 e. The molecule has 0 radical (unpaired) electrons. The second-order valence-electron chi connectivity index (χ2n) is 6.49. The number of thioether (sulfide) groups is 1. The number of fused-ring (bicyclic) bond motifs is 3. The van der Waals surface area contributed by atoms with Gasteiger partial charge in [0.1, 0.15) is 5.69 Å². The van der Waals surface area contributed by atoms with Crippen molar-refractivity contribution < 1.29 is 4.74 Å². The van der Waals surface area contributed by atoms with Gasteiger partial charge in [0.15, 0.2) is 5.69 Å². The van der Waals surface area contributed by atoms with Gasteiger partial charge in [-0.2, -0.15) is 4.98 Å². The topological polar surface area (TPSA) is 72.8 Å². The van der Waals surface area contributed by atoms with Crippen LogP contribution >= 0.6 is 27.7 Å². The minimum Gasteiger partial charge on any atom is -0.446 e. The second-order valence-corrected chi connectivity index (χ2v) is 8.46. The Bertz CT molecular complexity index is 1000. The van der Waals surface area contributed by atoms with Gasteiger partial charge in [0, 0.05) is 27.2 Å². The molecule has 0 unspecified atom stereocenters. The van der Waals surface area contributed by atoms with Crippen molar-refractivity contribution in [3.05, 3.63) is 52.3 Å². The molecular formula is C20H20BrN5OS. The molecule has 0 fully saturated rings. The summed E-state index contributed by atoms with van der Waals surface area (Å²) in [6.45, 7) is 4.13. The summed E-state index contributed by atoms with van der Waals surface area (Å²) in [6.07, 6.45) is 1.78. The van der Waals surface area contributed by atoms with Crippen molar-refractivity contribution in [2.24, 2.45) is 0 Å². The van der Waals surface area contributed by atoms with Gasteiger partial charge in [-0.05, 0) is 43.7 Å². The molecular weight excluding hydrogens is 438 g/mol. The molecule has 1 N–H and O–H groups in total. The molecule has 28 heavy (non-hydrogen) atoms. The lowest BCUT2D eigenvalue weighted by Gasteiger charge is -2.18. The van der Waals surface area contributed by atoms with Crippen LogP contribution in [0.4, 0.5) is 5.69 Å². The van der Waals surface area contributed by atoms with Crippen LogP contribution < -0.4 is 10.1 Å². The molecule has 1 aliphatic rings. The Labute approximate surface area is 176 Å². The van der Waals surface area contributed by atoms with E-state index in [1.165, 1.54) is 0 Å². The number of anilines is 1. The minimum atomic E-state index is -0.466. The van der Waals surface area contributed by atoms with Crippen LogP contribution in [0.25, 0.3) is 11.3 Å². The summed E-state index contributed by atoms with van der Waals surface area (Å²) in [4.78, 5) is 9.28. The highest BCUT2D eigenvalue weighted by Crippen LogP contribution is 2.40. The number of hydrogen-bond donors (Lipinski definition) is 1. The normalized spacial score (nSPS) is 15.0. The van der Waals surface area contributed by atoms with Gasteiger partial charge in [0.25, 0.3) is 0 Å². The van der Waals surface area contributed by atoms with Gasteiger partial charge in [-0.3, -0.25) is 4.98 Å². The molecule has 6 nitrogen and oxygen atoms in total. The first-order valence-corrected chi connectivity index (χ1v) is 11.0. The molecule has 3 aromatic rings. The third-order valence-electron chi connectivity index (χ3n) is 4.30. The van der Waals surface area contributed by atoms with Crippen molar-refractivity contribution in [1.29, 1.82) is 0 Å². The maximum atomic E-state index is 6.25. The summed E-state index contributed by atoms with van der Waals surface area (Å²) in [7, 11) is 0. The van der Waals surface area contributed by atoms with Crippen LogP contribution in [-0.4, -0.2) is 25.9 Å². The molecule has 0 amide bonds. The van der Waals surface area contributed by atoms with Crippen molar-refractivity contribution in [2.45, 2.75) is 38.1 Å². The van der Waals surface area contributed by atoms with E-state index in [-0.39, 0.29) is 0 Å². The molecule has 144 valence electrons. The van der Waals surface area contributed by atoms with Gasteiger partial charge in [-0.25, -0.2) is 0 Å². The third kappa shape index (κ3) is 4.12. The molecule has 0 saturated heterocycles. The van der Waals surface area contributed by atoms with Crippen LogP contribution in [0.2, 0.25) is 0 Å².